The van der Waals surface area contributed by atoms with E-state index in [1.54, 1.807) is 19.4 Å². The summed E-state index contributed by atoms with van der Waals surface area (Å²) in [5.74, 6) is 1.26. The van der Waals surface area contributed by atoms with Crippen LogP contribution in [0.2, 0.25) is 5.02 Å². The van der Waals surface area contributed by atoms with Crippen molar-refractivity contribution >= 4 is 39.9 Å². The van der Waals surface area contributed by atoms with E-state index in [2.05, 4.69) is 10.3 Å². The number of benzene rings is 1. The summed E-state index contributed by atoms with van der Waals surface area (Å²) >= 11 is 6.23. The third-order valence-electron chi connectivity index (χ3n) is 5.20. The summed E-state index contributed by atoms with van der Waals surface area (Å²) < 4.78 is 7.39. The van der Waals surface area contributed by atoms with Gasteiger partial charge < -0.3 is 19.5 Å². The van der Waals surface area contributed by atoms with Crippen LogP contribution in [0.5, 0.6) is 5.75 Å². The first-order valence-corrected chi connectivity index (χ1v) is 9.81. The number of likely N-dealkylation sites (tertiary alicyclic amines) is 1. The lowest BCUT2D eigenvalue weighted by Crippen LogP contribution is -2.35. The first kappa shape index (κ1) is 18.6. The van der Waals surface area contributed by atoms with Crippen LogP contribution in [0.15, 0.2) is 36.7 Å². The predicted molar refractivity (Wildman–Crippen MR) is 112 cm³/mol. The van der Waals surface area contributed by atoms with Crippen LogP contribution in [0.3, 0.4) is 0 Å². The Balaban J connectivity index is 1.75. The molecule has 1 fully saturated rings. The van der Waals surface area contributed by atoms with Gasteiger partial charge in [0.15, 0.2) is 5.75 Å². The summed E-state index contributed by atoms with van der Waals surface area (Å²) in [7, 11) is 3.53. The molecule has 1 aliphatic rings. The van der Waals surface area contributed by atoms with Crippen molar-refractivity contribution in [2.24, 2.45) is 7.05 Å². The van der Waals surface area contributed by atoms with Gasteiger partial charge in [0.2, 0.25) is 0 Å². The molecule has 3 heterocycles. The second-order valence-corrected chi connectivity index (χ2v) is 7.42. The van der Waals surface area contributed by atoms with E-state index >= 15 is 0 Å². The fourth-order valence-corrected chi connectivity index (χ4v) is 4.03. The first-order chi connectivity index (χ1) is 13.6. The Morgan fingerprint density at radius 3 is 2.75 bits per heavy atom. The molecule has 0 spiro atoms. The summed E-state index contributed by atoms with van der Waals surface area (Å²) in [6.07, 6.45) is 6.91. The zero-order chi connectivity index (χ0) is 19.7. The maximum absolute atomic E-state index is 13.1. The zero-order valence-electron chi connectivity index (χ0n) is 16.0. The summed E-state index contributed by atoms with van der Waals surface area (Å²) in [6, 6.07) is 7.48. The van der Waals surface area contributed by atoms with Gasteiger partial charge in [-0.1, -0.05) is 17.7 Å². The molecule has 0 unspecified atom stereocenters. The maximum Gasteiger partial charge on any atom is 0.257 e. The van der Waals surface area contributed by atoms with Gasteiger partial charge in [0, 0.05) is 37.9 Å². The van der Waals surface area contributed by atoms with E-state index in [4.69, 9.17) is 16.3 Å². The van der Waals surface area contributed by atoms with Gasteiger partial charge in [-0.25, -0.2) is 4.98 Å². The molecular weight excluding hydrogens is 376 g/mol. The number of halogens is 1. The molecule has 0 atom stereocenters. The normalized spacial score (nSPS) is 14.3. The number of para-hydroxylation sites is 1. The Kier molecular flexibility index (Phi) is 5.13. The molecule has 4 rings (SSSR count). The summed E-state index contributed by atoms with van der Waals surface area (Å²) in [5, 5.41) is 4.71. The average Bonchev–Trinajstić information content (AvgIpc) is 3.11. The van der Waals surface area contributed by atoms with Crippen molar-refractivity contribution in [3.05, 3.63) is 47.2 Å². The average molecular weight is 399 g/mol. The monoisotopic (exact) mass is 398 g/mol. The molecule has 0 bridgehead atoms. The van der Waals surface area contributed by atoms with Crippen LogP contribution in [0.25, 0.3) is 10.9 Å². The van der Waals surface area contributed by atoms with Crippen LogP contribution in [-0.4, -0.2) is 40.6 Å². The lowest BCUT2D eigenvalue weighted by Gasteiger charge is -2.27. The molecule has 1 N–H and O–H groups in total. The molecule has 1 aliphatic heterocycles. The third-order valence-corrected chi connectivity index (χ3v) is 5.50. The van der Waals surface area contributed by atoms with Gasteiger partial charge in [0.1, 0.15) is 5.82 Å². The highest BCUT2D eigenvalue weighted by atomic mass is 35.5. The maximum atomic E-state index is 13.1. The Labute approximate surface area is 169 Å². The smallest absolute Gasteiger partial charge is 0.257 e. The van der Waals surface area contributed by atoms with Crippen molar-refractivity contribution in [3.8, 4) is 5.75 Å². The fourth-order valence-electron chi connectivity index (χ4n) is 3.78. The van der Waals surface area contributed by atoms with Crippen LogP contribution in [0.4, 0.5) is 11.5 Å². The van der Waals surface area contributed by atoms with Gasteiger partial charge in [-0.3, -0.25) is 4.79 Å². The first-order valence-electron chi connectivity index (χ1n) is 9.43. The number of nitrogens with one attached hydrogen (secondary N) is 1. The number of piperidine rings is 1. The van der Waals surface area contributed by atoms with Crippen molar-refractivity contribution in [3.63, 3.8) is 0 Å². The molecule has 2 aromatic heterocycles. The standard InChI is InChI=1S/C21H23ClN4O2/c1-25-12-9-14-18(25)15(21(27)26-10-4-3-5-11-26)13-23-20(14)24-17-8-6-7-16(22)19(17)28-2/h6-9,12-13H,3-5,10-11H2,1-2H3,(H,23,24). The van der Waals surface area contributed by atoms with E-state index in [0.29, 0.717) is 22.2 Å². The molecule has 0 radical (unpaired) electrons. The number of anilines is 2. The number of ether oxygens (including phenoxy) is 1. The topological polar surface area (TPSA) is 59.4 Å². The Morgan fingerprint density at radius 2 is 2.00 bits per heavy atom. The SMILES string of the molecule is COc1c(Cl)cccc1Nc1ncc(C(=O)N2CCCCC2)c2c1ccn2C. The van der Waals surface area contributed by atoms with Crippen molar-refractivity contribution in [1.82, 2.24) is 14.5 Å². The highest BCUT2D eigenvalue weighted by Gasteiger charge is 2.23. The Bertz CT molecular complexity index is 1020. The van der Waals surface area contributed by atoms with Gasteiger partial charge in [-0.05, 0) is 37.5 Å². The van der Waals surface area contributed by atoms with Gasteiger partial charge in [-0.15, -0.1) is 0 Å². The number of hydrogen-bond acceptors (Lipinski definition) is 4. The molecular formula is C21H23ClN4O2. The summed E-state index contributed by atoms with van der Waals surface area (Å²) in [6.45, 7) is 1.62. The number of carbonyl (C=O) groups excluding carboxylic acids is 1. The molecule has 1 amide bonds. The molecule has 7 heteroatoms. The van der Waals surface area contributed by atoms with E-state index in [0.717, 1.165) is 42.5 Å². The number of methoxy groups -OCH3 is 1. The molecule has 0 aliphatic carbocycles. The van der Waals surface area contributed by atoms with Crippen molar-refractivity contribution in [2.75, 3.05) is 25.5 Å². The van der Waals surface area contributed by atoms with E-state index in [-0.39, 0.29) is 5.91 Å². The van der Waals surface area contributed by atoms with Crippen LogP contribution in [0.1, 0.15) is 29.6 Å². The van der Waals surface area contributed by atoms with Crippen LogP contribution in [-0.2, 0) is 7.05 Å². The lowest BCUT2D eigenvalue weighted by molar-refractivity contribution is 0.0725. The molecule has 6 nitrogen and oxygen atoms in total. The summed E-state index contributed by atoms with van der Waals surface area (Å²) in [5.41, 5.74) is 2.23. The number of hydrogen-bond donors (Lipinski definition) is 1. The van der Waals surface area contributed by atoms with E-state index in [1.165, 1.54) is 6.42 Å². The van der Waals surface area contributed by atoms with E-state index in [9.17, 15) is 4.79 Å². The van der Waals surface area contributed by atoms with Crippen molar-refractivity contribution in [1.29, 1.82) is 0 Å². The molecule has 0 saturated carbocycles. The number of amides is 1. The molecule has 1 saturated heterocycles. The van der Waals surface area contributed by atoms with Gasteiger partial charge >= 0.3 is 0 Å². The number of aryl methyl sites for hydroxylation is 1. The third kappa shape index (κ3) is 3.29. The predicted octanol–water partition coefficient (Wildman–Crippen LogP) is 4.61. The molecule has 1 aromatic carbocycles. The van der Waals surface area contributed by atoms with Gasteiger partial charge in [0.05, 0.1) is 28.9 Å². The number of fused-ring (bicyclic) bond motifs is 1. The Morgan fingerprint density at radius 1 is 1.21 bits per heavy atom. The second-order valence-electron chi connectivity index (χ2n) is 7.01. The lowest BCUT2D eigenvalue weighted by atomic mass is 10.1. The number of aromatic nitrogens is 2. The molecule has 28 heavy (non-hydrogen) atoms. The van der Waals surface area contributed by atoms with Crippen LogP contribution in [0, 0.1) is 0 Å². The minimum atomic E-state index is 0.0471. The van der Waals surface area contributed by atoms with Crippen LogP contribution >= 0.6 is 11.6 Å². The fraction of sp³-hybridized carbons (Fsp3) is 0.333. The zero-order valence-corrected chi connectivity index (χ0v) is 16.8. The minimum absolute atomic E-state index is 0.0471. The summed E-state index contributed by atoms with van der Waals surface area (Å²) in [4.78, 5) is 19.6. The van der Waals surface area contributed by atoms with E-state index < -0.39 is 0 Å². The quantitative estimate of drug-likeness (QED) is 0.697. The highest BCUT2D eigenvalue weighted by Crippen LogP contribution is 2.36. The van der Waals surface area contributed by atoms with Gasteiger partial charge in [-0.2, -0.15) is 0 Å². The minimum Gasteiger partial charge on any atom is -0.493 e. The highest BCUT2D eigenvalue weighted by molar-refractivity contribution is 6.32. The number of pyridine rings is 1. The van der Waals surface area contributed by atoms with Crippen LogP contribution < -0.4 is 10.1 Å². The van der Waals surface area contributed by atoms with Crippen molar-refractivity contribution < 1.29 is 9.53 Å². The second kappa shape index (κ2) is 7.72. The number of nitrogens with zero attached hydrogens (tertiary/aromatic N) is 3. The number of rotatable bonds is 4. The number of carbonyl (C=O) groups is 1. The van der Waals surface area contributed by atoms with E-state index in [1.807, 2.05) is 40.9 Å². The Hall–Kier alpha value is -2.73. The largest absolute Gasteiger partial charge is 0.493 e. The van der Waals surface area contributed by atoms with Crippen molar-refractivity contribution in [2.45, 2.75) is 19.3 Å². The molecule has 146 valence electrons. The van der Waals surface area contributed by atoms with Gasteiger partial charge in [0.25, 0.3) is 5.91 Å². The molecule has 3 aromatic rings.